The lowest BCUT2D eigenvalue weighted by molar-refractivity contribution is 0.673. The van der Waals surface area contributed by atoms with Crippen molar-refractivity contribution < 1.29 is 0 Å². The molecule has 2 saturated carbocycles. The van der Waals surface area contributed by atoms with Crippen LogP contribution in [0, 0.1) is 5.92 Å². The lowest BCUT2D eigenvalue weighted by Gasteiger charge is -2.25. The normalized spacial score (nSPS) is 19.4. The second-order valence-electron chi connectivity index (χ2n) is 5.53. The van der Waals surface area contributed by atoms with E-state index in [9.17, 15) is 0 Å². The Balaban J connectivity index is 1.67. The van der Waals surface area contributed by atoms with Crippen LogP contribution in [0.15, 0.2) is 24.3 Å². The molecule has 0 spiro atoms. The van der Waals surface area contributed by atoms with E-state index in [1.807, 2.05) is 0 Å². The second-order valence-corrected chi connectivity index (χ2v) is 5.53. The molecule has 1 aromatic rings. The lowest BCUT2D eigenvalue weighted by Crippen LogP contribution is -2.27. The van der Waals surface area contributed by atoms with E-state index in [1.54, 1.807) is 0 Å². The molecule has 0 unspecified atom stereocenters. The van der Waals surface area contributed by atoms with Gasteiger partial charge in [-0.15, -0.1) is 0 Å². The highest BCUT2D eigenvalue weighted by atomic mass is 15.2. The first kappa shape index (κ1) is 11.1. The van der Waals surface area contributed by atoms with Gasteiger partial charge in [0.1, 0.15) is 0 Å². The molecule has 2 heteroatoms. The summed E-state index contributed by atoms with van der Waals surface area (Å²) in [5, 5.41) is 0. The molecular weight excluding hydrogens is 208 g/mol. The smallest absolute Gasteiger partial charge is 0.0368 e. The summed E-state index contributed by atoms with van der Waals surface area (Å²) in [5.41, 5.74) is 8.26. The first-order valence-electron chi connectivity index (χ1n) is 6.92. The zero-order chi connectivity index (χ0) is 11.7. The highest BCUT2D eigenvalue weighted by Crippen LogP contribution is 2.36. The fraction of sp³-hybridized carbons (Fsp3) is 0.600. The van der Waals surface area contributed by atoms with Gasteiger partial charge in [0.05, 0.1) is 0 Å². The average molecular weight is 230 g/mol. The summed E-state index contributed by atoms with van der Waals surface area (Å²) in [6.07, 6.45) is 7.07. The molecule has 2 N–H and O–H groups in total. The predicted octanol–water partition coefficient (Wildman–Crippen LogP) is 2.91. The maximum atomic E-state index is 5.64. The third-order valence-electron chi connectivity index (χ3n) is 3.97. The van der Waals surface area contributed by atoms with Crippen molar-refractivity contribution in [2.24, 2.45) is 11.7 Å². The fourth-order valence-electron chi connectivity index (χ4n) is 2.46. The van der Waals surface area contributed by atoms with Crippen LogP contribution >= 0.6 is 0 Å². The van der Waals surface area contributed by atoms with E-state index < -0.39 is 0 Å². The molecule has 0 atom stereocenters. The van der Waals surface area contributed by atoms with E-state index in [0.29, 0.717) is 6.54 Å². The Labute approximate surface area is 104 Å². The molecule has 0 aliphatic heterocycles. The van der Waals surface area contributed by atoms with Crippen LogP contribution in [-0.4, -0.2) is 12.6 Å². The highest BCUT2D eigenvalue weighted by molar-refractivity contribution is 5.49. The molecule has 0 saturated heterocycles. The zero-order valence-electron chi connectivity index (χ0n) is 10.4. The number of hydrogen-bond donors (Lipinski definition) is 1. The standard InChI is InChI=1S/C15H22N2/c16-11-13-3-5-14(6-4-13)17(15-7-8-15)10-9-12-1-2-12/h3-6,12,15H,1-2,7-11,16H2. The number of hydrogen-bond acceptors (Lipinski definition) is 2. The van der Waals surface area contributed by atoms with E-state index in [4.69, 9.17) is 5.73 Å². The summed E-state index contributed by atoms with van der Waals surface area (Å²) in [4.78, 5) is 2.61. The largest absolute Gasteiger partial charge is 0.369 e. The van der Waals surface area contributed by atoms with Crippen molar-refractivity contribution in [1.82, 2.24) is 0 Å². The molecule has 3 rings (SSSR count). The zero-order valence-corrected chi connectivity index (χ0v) is 10.4. The quantitative estimate of drug-likeness (QED) is 0.814. The number of nitrogens with two attached hydrogens (primary N) is 1. The van der Waals surface area contributed by atoms with Gasteiger partial charge in [0.25, 0.3) is 0 Å². The maximum absolute atomic E-state index is 5.64. The molecule has 2 fully saturated rings. The minimum atomic E-state index is 0.645. The van der Waals surface area contributed by atoms with Crippen molar-refractivity contribution in [1.29, 1.82) is 0 Å². The van der Waals surface area contributed by atoms with Crippen LogP contribution in [-0.2, 0) is 6.54 Å². The van der Waals surface area contributed by atoms with Crippen LogP contribution in [0.5, 0.6) is 0 Å². The van der Waals surface area contributed by atoms with Crippen molar-refractivity contribution in [2.45, 2.75) is 44.7 Å². The summed E-state index contributed by atoms with van der Waals surface area (Å²) in [6.45, 7) is 1.89. The highest BCUT2D eigenvalue weighted by Gasteiger charge is 2.30. The van der Waals surface area contributed by atoms with Gasteiger partial charge in [-0.25, -0.2) is 0 Å². The SMILES string of the molecule is NCc1ccc(N(CCC2CC2)C2CC2)cc1. The van der Waals surface area contributed by atoms with Crippen LogP contribution < -0.4 is 10.6 Å². The van der Waals surface area contributed by atoms with Crippen LogP contribution in [0.25, 0.3) is 0 Å². The second kappa shape index (κ2) is 4.69. The van der Waals surface area contributed by atoms with E-state index in [0.717, 1.165) is 12.0 Å². The monoisotopic (exact) mass is 230 g/mol. The average Bonchev–Trinajstić information content (AvgIpc) is 3.24. The maximum Gasteiger partial charge on any atom is 0.0368 e. The molecule has 0 radical (unpaired) electrons. The van der Waals surface area contributed by atoms with Crippen LogP contribution in [0.3, 0.4) is 0 Å². The third-order valence-corrected chi connectivity index (χ3v) is 3.97. The van der Waals surface area contributed by atoms with Crippen molar-refractivity contribution in [3.63, 3.8) is 0 Å². The molecule has 2 aliphatic carbocycles. The fourth-order valence-corrected chi connectivity index (χ4v) is 2.46. The Morgan fingerprint density at radius 3 is 2.29 bits per heavy atom. The minimum absolute atomic E-state index is 0.645. The Morgan fingerprint density at radius 2 is 1.76 bits per heavy atom. The van der Waals surface area contributed by atoms with Gasteiger partial charge in [0.2, 0.25) is 0 Å². The Bertz CT molecular complexity index is 363. The molecule has 0 amide bonds. The van der Waals surface area contributed by atoms with Gasteiger partial charge in [0, 0.05) is 24.8 Å². The van der Waals surface area contributed by atoms with Crippen LogP contribution in [0.4, 0.5) is 5.69 Å². The van der Waals surface area contributed by atoms with Gasteiger partial charge in [0.15, 0.2) is 0 Å². The molecule has 0 bridgehead atoms. The van der Waals surface area contributed by atoms with Crippen molar-refractivity contribution in [2.75, 3.05) is 11.4 Å². The van der Waals surface area contributed by atoms with Gasteiger partial charge in [-0.05, 0) is 42.9 Å². The van der Waals surface area contributed by atoms with E-state index in [2.05, 4.69) is 29.2 Å². The summed E-state index contributed by atoms with van der Waals surface area (Å²) < 4.78 is 0. The van der Waals surface area contributed by atoms with Gasteiger partial charge >= 0.3 is 0 Å². The van der Waals surface area contributed by atoms with Crippen molar-refractivity contribution >= 4 is 5.69 Å². The topological polar surface area (TPSA) is 29.3 Å². The van der Waals surface area contributed by atoms with Crippen molar-refractivity contribution in [3.8, 4) is 0 Å². The molecule has 0 aromatic heterocycles. The Kier molecular flexibility index (Phi) is 3.06. The van der Waals surface area contributed by atoms with Crippen molar-refractivity contribution in [3.05, 3.63) is 29.8 Å². The van der Waals surface area contributed by atoms with Gasteiger partial charge in [-0.2, -0.15) is 0 Å². The predicted molar refractivity (Wildman–Crippen MR) is 72.0 cm³/mol. The number of benzene rings is 1. The molecular formula is C15H22N2. The van der Waals surface area contributed by atoms with Crippen LogP contribution in [0.2, 0.25) is 0 Å². The van der Waals surface area contributed by atoms with Gasteiger partial charge in [-0.1, -0.05) is 25.0 Å². The van der Waals surface area contributed by atoms with Crippen LogP contribution in [0.1, 0.15) is 37.7 Å². The molecule has 1 aromatic carbocycles. The van der Waals surface area contributed by atoms with Gasteiger partial charge < -0.3 is 10.6 Å². The van der Waals surface area contributed by atoms with E-state index in [1.165, 1.54) is 49.9 Å². The summed E-state index contributed by atoms with van der Waals surface area (Å²) in [5.74, 6) is 1.03. The van der Waals surface area contributed by atoms with E-state index in [-0.39, 0.29) is 0 Å². The first-order valence-corrected chi connectivity index (χ1v) is 6.92. The number of nitrogens with zero attached hydrogens (tertiary/aromatic N) is 1. The minimum Gasteiger partial charge on any atom is -0.369 e. The summed E-state index contributed by atoms with van der Waals surface area (Å²) >= 11 is 0. The Hall–Kier alpha value is -1.02. The molecule has 92 valence electrons. The molecule has 17 heavy (non-hydrogen) atoms. The van der Waals surface area contributed by atoms with E-state index >= 15 is 0 Å². The lowest BCUT2D eigenvalue weighted by atomic mass is 10.2. The number of rotatable bonds is 6. The summed E-state index contributed by atoms with van der Waals surface area (Å²) in [7, 11) is 0. The summed E-state index contributed by atoms with van der Waals surface area (Å²) in [6, 6.07) is 9.64. The third kappa shape index (κ3) is 2.81. The van der Waals surface area contributed by atoms with Gasteiger partial charge in [-0.3, -0.25) is 0 Å². The molecule has 0 heterocycles. The number of anilines is 1. The Morgan fingerprint density at radius 1 is 1.06 bits per heavy atom. The molecule has 2 nitrogen and oxygen atoms in total. The molecule has 2 aliphatic rings. The first-order chi connectivity index (χ1) is 8.36.